The maximum absolute atomic E-state index is 5.99. The van der Waals surface area contributed by atoms with Crippen LogP contribution in [0.1, 0.15) is 13.8 Å². The number of alkyl halides is 2. The van der Waals surface area contributed by atoms with Crippen molar-refractivity contribution in [2.45, 2.75) is 46.1 Å². The summed E-state index contributed by atoms with van der Waals surface area (Å²) >= 11 is 21.9. The van der Waals surface area contributed by atoms with Crippen molar-refractivity contribution in [3.05, 3.63) is 12.7 Å². The van der Waals surface area contributed by atoms with Crippen LogP contribution in [-0.4, -0.2) is 27.3 Å². The van der Waals surface area contributed by atoms with Gasteiger partial charge in [0.25, 0.3) is 0 Å². The molecule has 0 aliphatic carbocycles. The molecule has 0 N–H and O–H groups in total. The van der Waals surface area contributed by atoms with Gasteiger partial charge in [0.1, 0.15) is 8.11 Å². The summed E-state index contributed by atoms with van der Waals surface area (Å²) in [6.45, 7) is 11.8. The van der Waals surface area contributed by atoms with Crippen molar-refractivity contribution in [3.63, 3.8) is 0 Å². The lowest BCUT2D eigenvalue weighted by molar-refractivity contribution is 1.07. The van der Waals surface area contributed by atoms with E-state index in [0.29, 0.717) is 5.88 Å². The average molecular weight is 358 g/mol. The predicted molar refractivity (Wildman–Crippen MR) is 95.9 cm³/mol. The second kappa shape index (κ2) is 19.7. The lowest BCUT2D eigenvalue weighted by Crippen LogP contribution is -2.15. The summed E-state index contributed by atoms with van der Waals surface area (Å²) in [7, 11) is -1.96. The molecule has 108 valence electrons. The van der Waals surface area contributed by atoms with Crippen molar-refractivity contribution in [1.82, 2.24) is 0 Å². The minimum Gasteiger partial charge on any atom is -0.172 e. The minimum atomic E-state index is -1.29. The fourth-order valence-electron chi connectivity index (χ4n) is 0.487. The van der Waals surface area contributed by atoms with Crippen molar-refractivity contribution in [3.8, 4) is 0 Å². The van der Waals surface area contributed by atoms with Gasteiger partial charge in [-0.2, -0.15) is 22.2 Å². The van der Waals surface area contributed by atoms with E-state index >= 15 is 0 Å². The van der Waals surface area contributed by atoms with Crippen LogP contribution < -0.4 is 0 Å². The quantitative estimate of drug-likeness (QED) is 0.239. The summed E-state index contributed by atoms with van der Waals surface area (Å²) in [4.78, 5) is 0. The Hall–Kier alpha value is 1.33. The normalized spacial score (nSPS) is 9.24. The van der Waals surface area contributed by atoms with Gasteiger partial charge in [0.05, 0.1) is 0 Å². The largest absolute Gasteiger partial charge is 0.172 e. The van der Waals surface area contributed by atoms with Crippen LogP contribution >= 0.6 is 45.4 Å². The molecular weight excluding hydrogens is 330 g/mol. The van der Waals surface area contributed by atoms with Gasteiger partial charge < -0.3 is 0 Å². The standard InChI is InChI=1S/C5H12Cl2Si.C3H5Cl.C2H7ClSi.CH4/c1-8(2,7)5-3-4-6;1-2-3-4;1-4(2)3;/h3-5H2,1-2H3;2H,1,3H2;4H,1-2H3;1H4. The Morgan fingerprint density at radius 3 is 1.59 bits per heavy atom. The van der Waals surface area contributed by atoms with Gasteiger partial charge >= 0.3 is 0 Å². The van der Waals surface area contributed by atoms with Crippen molar-refractivity contribution >= 4 is 60.9 Å². The Kier molecular flexibility index (Phi) is 31.0. The molecule has 0 unspecified atom stereocenters. The molecule has 0 saturated heterocycles. The molecule has 0 nitrogen and oxygen atoms in total. The van der Waals surface area contributed by atoms with Gasteiger partial charge in [0.2, 0.25) is 0 Å². The summed E-state index contributed by atoms with van der Waals surface area (Å²) in [6, 6.07) is 1.14. The van der Waals surface area contributed by atoms with Crippen LogP contribution in [-0.2, 0) is 0 Å². The van der Waals surface area contributed by atoms with Crippen LogP contribution in [0.15, 0.2) is 12.7 Å². The van der Waals surface area contributed by atoms with E-state index in [0.717, 1.165) is 18.3 Å². The lowest BCUT2D eigenvalue weighted by atomic mass is 10.6. The van der Waals surface area contributed by atoms with Gasteiger partial charge in [-0.3, -0.25) is 0 Å². The predicted octanol–water partition coefficient (Wildman–Crippen LogP) is 6.32. The summed E-state index contributed by atoms with van der Waals surface area (Å²) in [5.41, 5.74) is 0. The summed E-state index contributed by atoms with van der Waals surface area (Å²) < 4.78 is 0. The van der Waals surface area contributed by atoms with Gasteiger partial charge in [-0.25, -0.2) is 0 Å². The third-order valence-corrected chi connectivity index (χ3v) is 3.61. The van der Waals surface area contributed by atoms with E-state index in [1.807, 2.05) is 0 Å². The van der Waals surface area contributed by atoms with Crippen molar-refractivity contribution in [2.75, 3.05) is 11.8 Å². The van der Waals surface area contributed by atoms with Gasteiger partial charge in [-0.05, 0) is 12.5 Å². The van der Waals surface area contributed by atoms with Gasteiger partial charge in [0, 0.05) is 11.8 Å². The maximum Gasteiger partial charge on any atom is 0.150 e. The summed E-state index contributed by atoms with van der Waals surface area (Å²) in [5, 5.41) is 0. The molecule has 0 aliphatic rings. The number of allylic oxidation sites excluding steroid dienone is 1. The molecule has 0 spiro atoms. The average Bonchev–Trinajstić information content (AvgIpc) is 2.13. The molecule has 0 atom stereocenters. The Balaban J connectivity index is -0.0000000806. The first-order valence-corrected chi connectivity index (χ1v) is 14.6. The second-order valence-electron chi connectivity index (χ2n) is 3.97. The molecule has 0 saturated carbocycles. The van der Waals surface area contributed by atoms with Gasteiger partial charge in [-0.1, -0.05) is 39.7 Å². The number of rotatable bonds is 4. The smallest absolute Gasteiger partial charge is 0.150 e. The molecule has 0 heterocycles. The summed E-state index contributed by atoms with van der Waals surface area (Å²) in [6.07, 6.45) is 2.71. The van der Waals surface area contributed by atoms with Crippen LogP contribution in [0.3, 0.4) is 0 Å². The van der Waals surface area contributed by atoms with Crippen molar-refractivity contribution in [2.24, 2.45) is 0 Å². The van der Waals surface area contributed by atoms with E-state index in [1.165, 1.54) is 0 Å². The van der Waals surface area contributed by atoms with E-state index in [1.54, 1.807) is 6.08 Å². The van der Waals surface area contributed by atoms with Crippen LogP contribution in [0.5, 0.6) is 0 Å². The SMILES string of the molecule is C.C=CCCl.C[SiH](C)Cl.C[Si](C)(Cl)CCCCl. The summed E-state index contributed by atoms with van der Waals surface area (Å²) in [5.74, 6) is 1.31. The monoisotopic (exact) mass is 356 g/mol. The third kappa shape index (κ3) is 75.8. The zero-order valence-corrected chi connectivity index (χ0v) is 15.9. The molecule has 0 fully saturated rings. The molecule has 0 radical (unpaired) electrons. The third-order valence-electron chi connectivity index (χ3n) is 1.01. The molecule has 0 rings (SSSR count). The molecule has 17 heavy (non-hydrogen) atoms. The van der Waals surface area contributed by atoms with E-state index in [4.69, 9.17) is 45.4 Å². The van der Waals surface area contributed by atoms with Gasteiger partial charge in [0.15, 0.2) is 7.38 Å². The highest BCUT2D eigenvalue weighted by atomic mass is 35.6. The fourth-order valence-corrected chi connectivity index (χ4v) is 2.26. The van der Waals surface area contributed by atoms with Crippen LogP contribution in [0.2, 0.25) is 32.2 Å². The molecule has 0 amide bonds. The van der Waals surface area contributed by atoms with E-state index in [2.05, 4.69) is 32.8 Å². The Morgan fingerprint density at radius 1 is 1.24 bits per heavy atom. The molecule has 0 aliphatic heterocycles. The first-order valence-electron chi connectivity index (χ1n) is 5.27. The van der Waals surface area contributed by atoms with Crippen molar-refractivity contribution in [1.29, 1.82) is 0 Å². The highest BCUT2D eigenvalue weighted by Crippen LogP contribution is 2.16. The highest BCUT2D eigenvalue weighted by Gasteiger charge is 2.14. The zero-order valence-electron chi connectivity index (χ0n) is 10.7. The zero-order chi connectivity index (χ0) is 13.6. The first-order chi connectivity index (χ1) is 7.21. The Morgan fingerprint density at radius 2 is 1.53 bits per heavy atom. The molecule has 0 aromatic heterocycles. The minimum absolute atomic E-state index is 0. The van der Waals surface area contributed by atoms with Crippen LogP contribution in [0.25, 0.3) is 0 Å². The fraction of sp³-hybridized carbons (Fsp3) is 0.818. The van der Waals surface area contributed by atoms with E-state index < -0.39 is 15.5 Å². The number of hydrogen-bond acceptors (Lipinski definition) is 0. The molecule has 0 aromatic rings. The maximum atomic E-state index is 5.99. The Bertz CT molecular complexity index is 133. The highest BCUT2D eigenvalue weighted by molar-refractivity contribution is 7.19. The van der Waals surface area contributed by atoms with Gasteiger partial charge in [-0.15, -0.1) is 29.8 Å². The lowest BCUT2D eigenvalue weighted by Gasteiger charge is -2.09. The molecule has 6 heteroatoms. The number of halogens is 4. The first kappa shape index (κ1) is 26.8. The van der Waals surface area contributed by atoms with E-state index in [-0.39, 0.29) is 7.43 Å². The topological polar surface area (TPSA) is 0 Å². The Labute approximate surface area is 131 Å². The van der Waals surface area contributed by atoms with Crippen molar-refractivity contribution < 1.29 is 0 Å². The van der Waals surface area contributed by atoms with Crippen LogP contribution in [0.4, 0.5) is 0 Å². The second-order valence-corrected chi connectivity index (χ2v) is 16.3. The molecule has 0 aromatic carbocycles. The molecule has 0 bridgehead atoms. The van der Waals surface area contributed by atoms with Crippen LogP contribution in [0, 0.1) is 0 Å². The molecular formula is C11H28Cl4Si2. The number of hydrogen-bond donors (Lipinski definition) is 0. The van der Waals surface area contributed by atoms with E-state index in [9.17, 15) is 0 Å².